The van der Waals surface area contributed by atoms with Crippen LogP contribution in [0, 0.1) is 5.92 Å². The van der Waals surface area contributed by atoms with Crippen LogP contribution in [0.5, 0.6) is 0 Å². The highest BCUT2D eigenvalue weighted by atomic mass is 16.1. The van der Waals surface area contributed by atoms with Gasteiger partial charge in [-0.1, -0.05) is 19.8 Å². The van der Waals surface area contributed by atoms with Crippen molar-refractivity contribution in [3.8, 4) is 0 Å². The number of carbonyl (C=O) groups excluding carboxylic acids is 1. The van der Waals surface area contributed by atoms with E-state index in [1.165, 1.54) is 0 Å². The van der Waals surface area contributed by atoms with Crippen LogP contribution in [0.1, 0.15) is 58.8 Å². The molecule has 108 valence electrons. The molecule has 2 unspecified atom stereocenters. The van der Waals surface area contributed by atoms with E-state index >= 15 is 0 Å². The summed E-state index contributed by atoms with van der Waals surface area (Å²) in [5.41, 5.74) is 11.1. The molecule has 0 fully saturated rings. The lowest BCUT2D eigenvalue weighted by atomic mass is 9.98. The van der Waals surface area contributed by atoms with Crippen LogP contribution >= 0.6 is 0 Å². The van der Waals surface area contributed by atoms with Gasteiger partial charge in [0.2, 0.25) is 5.91 Å². The van der Waals surface area contributed by atoms with Crippen LogP contribution in [-0.4, -0.2) is 25.0 Å². The molecule has 0 aromatic rings. The molecule has 18 heavy (non-hydrogen) atoms. The van der Waals surface area contributed by atoms with Gasteiger partial charge in [-0.05, 0) is 45.6 Å². The van der Waals surface area contributed by atoms with Gasteiger partial charge in [0.25, 0.3) is 0 Å². The van der Waals surface area contributed by atoms with Crippen molar-refractivity contribution in [2.75, 3.05) is 13.1 Å². The summed E-state index contributed by atoms with van der Waals surface area (Å²) in [5, 5.41) is 3.02. The van der Waals surface area contributed by atoms with Gasteiger partial charge in [0, 0.05) is 18.5 Å². The fraction of sp³-hybridized carbons (Fsp3) is 0.929. The van der Waals surface area contributed by atoms with Gasteiger partial charge in [-0.2, -0.15) is 0 Å². The van der Waals surface area contributed by atoms with E-state index in [0.29, 0.717) is 0 Å². The molecule has 4 heteroatoms. The summed E-state index contributed by atoms with van der Waals surface area (Å²) < 4.78 is 0. The number of amides is 1. The zero-order valence-corrected chi connectivity index (χ0v) is 12.1. The molecule has 0 aliphatic carbocycles. The Morgan fingerprint density at radius 3 is 2.39 bits per heavy atom. The van der Waals surface area contributed by atoms with Gasteiger partial charge >= 0.3 is 0 Å². The third kappa shape index (κ3) is 9.42. The predicted octanol–water partition coefficient (Wildman–Crippen LogP) is 1.78. The second-order valence-corrected chi connectivity index (χ2v) is 5.15. The van der Waals surface area contributed by atoms with Crippen molar-refractivity contribution in [3.05, 3.63) is 0 Å². The maximum atomic E-state index is 11.9. The Morgan fingerprint density at radius 1 is 1.17 bits per heavy atom. The van der Waals surface area contributed by atoms with Crippen molar-refractivity contribution in [2.45, 2.75) is 64.8 Å². The van der Waals surface area contributed by atoms with Crippen LogP contribution < -0.4 is 16.8 Å². The average molecular weight is 257 g/mol. The molecule has 0 aromatic heterocycles. The highest BCUT2D eigenvalue weighted by molar-refractivity contribution is 5.78. The first-order valence-corrected chi connectivity index (χ1v) is 7.35. The number of hydrogen-bond donors (Lipinski definition) is 3. The minimum atomic E-state index is 0.157. The number of hydrogen-bond acceptors (Lipinski definition) is 3. The van der Waals surface area contributed by atoms with Crippen LogP contribution in [-0.2, 0) is 4.79 Å². The van der Waals surface area contributed by atoms with E-state index in [1.54, 1.807) is 0 Å². The SMILES string of the molecule is CCC(CCCCN)C(=O)NCCCCC(C)N. The van der Waals surface area contributed by atoms with Gasteiger partial charge in [0.1, 0.15) is 0 Å². The molecule has 0 aromatic carbocycles. The maximum absolute atomic E-state index is 11.9. The molecule has 4 nitrogen and oxygen atoms in total. The fourth-order valence-corrected chi connectivity index (χ4v) is 2.00. The fourth-order valence-electron chi connectivity index (χ4n) is 2.00. The van der Waals surface area contributed by atoms with Gasteiger partial charge in [-0.15, -0.1) is 0 Å². The topological polar surface area (TPSA) is 81.1 Å². The molecule has 2 atom stereocenters. The number of carbonyl (C=O) groups is 1. The van der Waals surface area contributed by atoms with Crippen LogP contribution in [0.25, 0.3) is 0 Å². The van der Waals surface area contributed by atoms with Crippen LogP contribution in [0.2, 0.25) is 0 Å². The van der Waals surface area contributed by atoms with E-state index in [-0.39, 0.29) is 17.9 Å². The van der Waals surface area contributed by atoms with Crippen molar-refractivity contribution < 1.29 is 4.79 Å². The Hall–Kier alpha value is -0.610. The summed E-state index contributed by atoms with van der Waals surface area (Å²) in [4.78, 5) is 11.9. The lowest BCUT2D eigenvalue weighted by Gasteiger charge is -2.14. The van der Waals surface area contributed by atoms with Crippen LogP contribution in [0.15, 0.2) is 0 Å². The summed E-state index contributed by atoms with van der Waals surface area (Å²) in [5.74, 6) is 0.361. The van der Waals surface area contributed by atoms with E-state index in [0.717, 1.165) is 58.0 Å². The molecule has 0 aliphatic rings. The van der Waals surface area contributed by atoms with Crippen molar-refractivity contribution in [1.82, 2.24) is 5.32 Å². The molecular weight excluding hydrogens is 226 g/mol. The highest BCUT2D eigenvalue weighted by Gasteiger charge is 2.14. The predicted molar refractivity (Wildman–Crippen MR) is 77.2 cm³/mol. The molecule has 0 radical (unpaired) electrons. The summed E-state index contributed by atoms with van der Waals surface area (Å²) in [6.07, 6.45) is 7.07. The molecule has 1 amide bonds. The molecule has 0 saturated heterocycles. The number of nitrogens with one attached hydrogen (secondary N) is 1. The van der Waals surface area contributed by atoms with E-state index in [9.17, 15) is 4.79 Å². The molecule has 0 aliphatic heterocycles. The van der Waals surface area contributed by atoms with Gasteiger partial charge in [0.05, 0.1) is 0 Å². The Morgan fingerprint density at radius 2 is 1.83 bits per heavy atom. The first-order chi connectivity index (χ1) is 8.61. The monoisotopic (exact) mass is 257 g/mol. The largest absolute Gasteiger partial charge is 0.356 e. The van der Waals surface area contributed by atoms with Crippen LogP contribution in [0.3, 0.4) is 0 Å². The minimum Gasteiger partial charge on any atom is -0.356 e. The van der Waals surface area contributed by atoms with Gasteiger partial charge in [-0.25, -0.2) is 0 Å². The second-order valence-electron chi connectivity index (χ2n) is 5.15. The van der Waals surface area contributed by atoms with Gasteiger partial charge in [0.15, 0.2) is 0 Å². The summed E-state index contributed by atoms with van der Waals surface area (Å²) in [6, 6.07) is 0.264. The molecule has 5 N–H and O–H groups in total. The van der Waals surface area contributed by atoms with Crippen molar-refractivity contribution in [3.63, 3.8) is 0 Å². The first kappa shape index (κ1) is 17.4. The summed E-state index contributed by atoms with van der Waals surface area (Å²) in [7, 11) is 0. The van der Waals surface area contributed by atoms with Crippen molar-refractivity contribution >= 4 is 5.91 Å². The minimum absolute atomic E-state index is 0.157. The van der Waals surface area contributed by atoms with E-state index in [1.807, 2.05) is 6.92 Å². The maximum Gasteiger partial charge on any atom is 0.223 e. The molecular formula is C14H31N3O. The lowest BCUT2D eigenvalue weighted by Crippen LogP contribution is -2.31. The summed E-state index contributed by atoms with van der Waals surface area (Å²) in [6.45, 7) is 5.58. The Kier molecular flexibility index (Phi) is 11.1. The van der Waals surface area contributed by atoms with Gasteiger partial charge < -0.3 is 16.8 Å². The molecule has 0 bridgehead atoms. The number of rotatable bonds is 11. The normalized spacial score (nSPS) is 14.2. The summed E-state index contributed by atoms with van der Waals surface area (Å²) >= 11 is 0. The smallest absolute Gasteiger partial charge is 0.223 e. The van der Waals surface area contributed by atoms with Crippen molar-refractivity contribution in [1.29, 1.82) is 0 Å². The van der Waals surface area contributed by atoms with E-state index in [2.05, 4.69) is 12.2 Å². The highest BCUT2D eigenvalue weighted by Crippen LogP contribution is 2.12. The third-order valence-electron chi connectivity index (χ3n) is 3.26. The Bertz CT molecular complexity index is 207. The Balaban J connectivity index is 3.63. The van der Waals surface area contributed by atoms with E-state index in [4.69, 9.17) is 11.5 Å². The van der Waals surface area contributed by atoms with Crippen molar-refractivity contribution in [2.24, 2.45) is 17.4 Å². The zero-order valence-electron chi connectivity index (χ0n) is 12.1. The first-order valence-electron chi connectivity index (χ1n) is 7.35. The van der Waals surface area contributed by atoms with Gasteiger partial charge in [-0.3, -0.25) is 4.79 Å². The molecule has 0 saturated carbocycles. The molecule has 0 spiro atoms. The Labute approximate surface area is 112 Å². The lowest BCUT2D eigenvalue weighted by molar-refractivity contribution is -0.125. The van der Waals surface area contributed by atoms with Crippen LogP contribution in [0.4, 0.5) is 0 Å². The second kappa shape index (κ2) is 11.5. The van der Waals surface area contributed by atoms with E-state index < -0.39 is 0 Å². The molecule has 0 rings (SSSR count). The average Bonchev–Trinajstić information content (AvgIpc) is 2.33. The molecule has 0 heterocycles. The number of unbranched alkanes of at least 4 members (excludes halogenated alkanes) is 2. The quantitative estimate of drug-likeness (QED) is 0.493. The zero-order chi connectivity index (χ0) is 13.8. The standard InChI is InChI=1S/C14H31N3O/c1-3-13(9-4-6-10-15)14(18)17-11-7-5-8-12(2)16/h12-13H,3-11,15-16H2,1-2H3,(H,17,18). The third-order valence-corrected chi connectivity index (χ3v) is 3.26. The number of nitrogens with two attached hydrogens (primary N) is 2.